The van der Waals surface area contributed by atoms with Crippen LogP contribution in [0.15, 0.2) is 58.4 Å². The number of hydrogen-bond acceptors (Lipinski definition) is 3. The highest BCUT2D eigenvalue weighted by Gasteiger charge is 2.19. The van der Waals surface area contributed by atoms with E-state index in [1.807, 2.05) is 24.3 Å². The molecular weight excluding hydrogens is 402 g/mol. The topological polar surface area (TPSA) is 61.8 Å². The highest BCUT2D eigenvalue weighted by molar-refractivity contribution is 5.72. The third-order valence-electron chi connectivity index (χ3n) is 5.37. The second-order valence-electron chi connectivity index (χ2n) is 7.71. The number of halogens is 2. The fourth-order valence-electron chi connectivity index (χ4n) is 3.65. The number of imidazole rings is 1. The SMILES string of the molecule is CCn1c(=O)c2c(ncn2Cc2ccc(F)c(F)c2)n(-c2ccc(C(C)C)cc2)c1=O. The molecule has 0 saturated carbocycles. The normalized spacial score (nSPS) is 11.5. The first-order chi connectivity index (χ1) is 14.8. The molecule has 0 aliphatic carbocycles. The molecule has 0 bridgehead atoms. The number of aromatic nitrogens is 4. The molecule has 0 N–H and O–H groups in total. The largest absolute Gasteiger partial charge is 0.337 e. The van der Waals surface area contributed by atoms with Crippen molar-refractivity contribution in [2.45, 2.75) is 39.8 Å². The van der Waals surface area contributed by atoms with Crippen LogP contribution in [0.25, 0.3) is 16.9 Å². The number of hydrogen-bond donors (Lipinski definition) is 0. The van der Waals surface area contributed by atoms with E-state index < -0.39 is 22.9 Å². The Morgan fingerprint density at radius 2 is 1.71 bits per heavy atom. The molecule has 31 heavy (non-hydrogen) atoms. The van der Waals surface area contributed by atoms with Gasteiger partial charge in [0.25, 0.3) is 5.56 Å². The number of fused-ring (bicyclic) bond motifs is 1. The van der Waals surface area contributed by atoms with Crippen molar-refractivity contribution < 1.29 is 8.78 Å². The smallest absolute Gasteiger partial charge is 0.320 e. The van der Waals surface area contributed by atoms with Gasteiger partial charge in [0.1, 0.15) is 0 Å². The predicted molar refractivity (Wildman–Crippen MR) is 115 cm³/mol. The molecule has 8 heteroatoms. The molecule has 0 saturated heterocycles. The van der Waals surface area contributed by atoms with Crippen LogP contribution in [0.2, 0.25) is 0 Å². The summed E-state index contributed by atoms with van der Waals surface area (Å²) in [5, 5.41) is 0. The van der Waals surface area contributed by atoms with Crippen LogP contribution in [-0.4, -0.2) is 18.7 Å². The summed E-state index contributed by atoms with van der Waals surface area (Å²) in [5.41, 5.74) is 1.69. The number of rotatable bonds is 5. The first-order valence-corrected chi connectivity index (χ1v) is 10.1. The van der Waals surface area contributed by atoms with E-state index in [1.165, 1.54) is 17.0 Å². The Morgan fingerprint density at radius 3 is 2.32 bits per heavy atom. The molecule has 0 radical (unpaired) electrons. The van der Waals surface area contributed by atoms with E-state index in [4.69, 9.17) is 0 Å². The minimum Gasteiger partial charge on any atom is -0.320 e. The lowest BCUT2D eigenvalue weighted by Gasteiger charge is -2.13. The molecule has 4 aromatic rings. The zero-order valence-electron chi connectivity index (χ0n) is 17.5. The van der Waals surface area contributed by atoms with Crippen molar-refractivity contribution in [3.8, 4) is 5.69 Å². The summed E-state index contributed by atoms with van der Waals surface area (Å²) in [6.07, 6.45) is 1.44. The Labute approximate surface area is 177 Å². The van der Waals surface area contributed by atoms with Crippen LogP contribution in [0.5, 0.6) is 0 Å². The third-order valence-corrected chi connectivity index (χ3v) is 5.37. The zero-order chi connectivity index (χ0) is 22.3. The monoisotopic (exact) mass is 424 g/mol. The van der Waals surface area contributed by atoms with Crippen molar-refractivity contribution in [3.63, 3.8) is 0 Å². The van der Waals surface area contributed by atoms with E-state index in [0.717, 1.165) is 22.3 Å². The molecule has 2 aromatic heterocycles. The maximum Gasteiger partial charge on any atom is 0.337 e. The van der Waals surface area contributed by atoms with Gasteiger partial charge in [-0.1, -0.05) is 32.0 Å². The molecule has 0 aliphatic heterocycles. The molecule has 0 atom stereocenters. The predicted octanol–water partition coefficient (Wildman–Crippen LogP) is 3.82. The molecule has 0 amide bonds. The summed E-state index contributed by atoms with van der Waals surface area (Å²) in [7, 11) is 0. The summed E-state index contributed by atoms with van der Waals surface area (Å²) in [5.74, 6) is -1.56. The minimum absolute atomic E-state index is 0.108. The van der Waals surface area contributed by atoms with Crippen LogP contribution < -0.4 is 11.2 Å². The summed E-state index contributed by atoms with van der Waals surface area (Å²) in [4.78, 5) is 30.5. The van der Waals surface area contributed by atoms with Crippen molar-refractivity contribution in [1.29, 1.82) is 0 Å². The van der Waals surface area contributed by atoms with Crippen molar-refractivity contribution in [2.24, 2.45) is 0 Å². The summed E-state index contributed by atoms with van der Waals surface area (Å²) in [6, 6.07) is 11.1. The van der Waals surface area contributed by atoms with Crippen LogP contribution in [0.4, 0.5) is 8.78 Å². The maximum absolute atomic E-state index is 13.6. The van der Waals surface area contributed by atoms with E-state index in [1.54, 1.807) is 11.5 Å². The van der Waals surface area contributed by atoms with Gasteiger partial charge in [0.2, 0.25) is 0 Å². The lowest BCUT2D eigenvalue weighted by atomic mass is 10.0. The highest BCUT2D eigenvalue weighted by Crippen LogP contribution is 2.19. The van der Waals surface area contributed by atoms with E-state index >= 15 is 0 Å². The Kier molecular flexibility index (Phi) is 5.31. The van der Waals surface area contributed by atoms with Crippen molar-refractivity contribution in [1.82, 2.24) is 18.7 Å². The van der Waals surface area contributed by atoms with E-state index in [9.17, 15) is 18.4 Å². The van der Waals surface area contributed by atoms with Crippen molar-refractivity contribution in [3.05, 3.63) is 92.4 Å². The quantitative estimate of drug-likeness (QED) is 0.489. The fourth-order valence-corrected chi connectivity index (χ4v) is 3.65. The molecular formula is C23H22F2N4O2. The van der Waals surface area contributed by atoms with Gasteiger partial charge in [-0.25, -0.2) is 23.1 Å². The van der Waals surface area contributed by atoms with Gasteiger partial charge < -0.3 is 4.57 Å². The van der Waals surface area contributed by atoms with Gasteiger partial charge in [0.05, 0.1) is 12.0 Å². The molecule has 0 aliphatic rings. The summed E-state index contributed by atoms with van der Waals surface area (Å²) < 4.78 is 31.0. The van der Waals surface area contributed by atoms with Gasteiger partial charge in [0, 0.05) is 13.1 Å². The van der Waals surface area contributed by atoms with Crippen molar-refractivity contribution in [2.75, 3.05) is 0 Å². The first-order valence-electron chi connectivity index (χ1n) is 10.1. The molecule has 2 heterocycles. The van der Waals surface area contributed by atoms with Gasteiger partial charge in [-0.05, 0) is 48.2 Å². The van der Waals surface area contributed by atoms with Gasteiger partial charge in [-0.3, -0.25) is 9.36 Å². The van der Waals surface area contributed by atoms with Crippen molar-refractivity contribution >= 4 is 11.2 Å². The Morgan fingerprint density at radius 1 is 1.00 bits per heavy atom. The van der Waals surface area contributed by atoms with Gasteiger partial charge >= 0.3 is 5.69 Å². The second-order valence-corrected chi connectivity index (χ2v) is 7.71. The molecule has 0 unspecified atom stereocenters. The average Bonchev–Trinajstić information content (AvgIpc) is 3.15. The van der Waals surface area contributed by atoms with Crippen LogP contribution >= 0.6 is 0 Å². The number of nitrogens with zero attached hydrogens (tertiary/aromatic N) is 4. The Bertz CT molecular complexity index is 1380. The average molecular weight is 424 g/mol. The van der Waals surface area contributed by atoms with Gasteiger partial charge in [-0.2, -0.15) is 0 Å². The fraction of sp³-hybridized carbons (Fsp3) is 0.261. The molecule has 6 nitrogen and oxygen atoms in total. The third kappa shape index (κ3) is 3.58. The van der Waals surface area contributed by atoms with Gasteiger partial charge in [-0.15, -0.1) is 0 Å². The van der Waals surface area contributed by atoms with E-state index in [2.05, 4.69) is 18.8 Å². The molecule has 0 fully saturated rings. The van der Waals surface area contributed by atoms with Crippen LogP contribution in [0, 0.1) is 11.6 Å². The lowest BCUT2D eigenvalue weighted by Crippen LogP contribution is -2.39. The Balaban J connectivity index is 1.92. The van der Waals surface area contributed by atoms with E-state index in [-0.39, 0.29) is 24.3 Å². The van der Waals surface area contributed by atoms with Gasteiger partial charge in [0.15, 0.2) is 22.8 Å². The molecule has 0 spiro atoms. The Hall–Kier alpha value is -3.55. The minimum atomic E-state index is -0.963. The number of benzene rings is 2. The molecule has 4 rings (SSSR count). The standard InChI is InChI=1S/C23H22F2N4O2/c1-4-28-22(30)20-21(26-13-27(20)12-15-5-10-18(24)19(25)11-15)29(23(28)31)17-8-6-16(7-9-17)14(2)3/h5-11,13-14H,4,12H2,1-3H3. The van der Waals surface area contributed by atoms with E-state index in [0.29, 0.717) is 17.2 Å². The highest BCUT2D eigenvalue weighted by atomic mass is 19.2. The van der Waals surface area contributed by atoms with Crippen LogP contribution in [0.1, 0.15) is 37.8 Å². The second kappa shape index (κ2) is 7.94. The lowest BCUT2D eigenvalue weighted by molar-refractivity contribution is 0.506. The summed E-state index contributed by atoms with van der Waals surface area (Å²) >= 11 is 0. The maximum atomic E-state index is 13.6. The zero-order valence-corrected chi connectivity index (χ0v) is 17.5. The summed E-state index contributed by atoms with van der Waals surface area (Å²) in [6.45, 7) is 6.18. The van der Waals surface area contributed by atoms with Crippen LogP contribution in [-0.2, 0) is 13.1 Å². The van der Waals surface area contributed by atoms with Crippen LogP contribution in [0.3, 0.4) is 0 Å². The first kappa shape index (κ1) is 20.7. The molecule has 2 aromatic carbocycles. The molecule has 160 valence electrons.